The van der Waals surface area contributed by atoms with E-state index in [1.165, 1.54) is 0 Å². The van der Waals surface area contributed by atoms with Gasteiger partial charge in [-0.3, -0.25) is 4.79 Å². The van der Waals surface area contributed by atoms with Gasteiger partial charge in [0.25, 0.3) is 0 Å². The van der Waals surface area contributed by atoms with Gasteiger partial charge in [0.1, 0.15) is 0 Å². The molecule has 0 saturated heterocycles. The van der Waals surface area contributed by atoms with Gasteiger partial charge in [-0.2, -0.15) is 0 Å². The van der Waals surface area contributed by atoms with Crippen molar-refractivity contribution in [3.8, 4) is 0 Å². The molecule has 6 aliphatic rings. The zero-order chi connectivity index (χ0) is 8.04. The second kappa shape index (κ2) is 0.891. The summed E-state index contributed by atoms with van der Waals surface area (Å²) >= 11 is 0. The fourth-order valence-electron chi connectivity index (χ4n) is 6.67. The fraction of sp³-hybridized carbons (Fsp3) is 0.900. The molecule has 0 bridgehead atoms. The van der Waals surface area contributed by atoms with Crippen molar-refractivity contribution in [2.75, 3.05) is 0 Å². The first-order valence-electron chi connectivity index (χ1n) is 4.98. The van der Waals surface area contributed by atoms with Gasteiger partial charge in [-0.15, -0.1) is 0 Å². The second-order valence-electron chi connectivity index (χ2n) is 5.77. The largest absolute Gasteiger partial charge is 0.369 e. The minimum absolute atomic E-state index is 0.0295. The van der Waals surface area contributed by atoms with Gasteiger partial charge in [0.2, 0.25) is 5.91 Å². The van der Waals surface area contributed by atoms with Crippen molar-refractivity contribution in [3.05, 3.63) is 0 Å². The van der Waals surface area contributed by atoms with Crippen molar-refractivity contribution in [2.45, 2.75) is 6.92 Å². The lowest BCUT2D eigenvalue weighted by Crippen LogP contribution is -3.11. The van der Waals surface area contributed by atoms with Gasteiger partial charge in [-0.25, -0.2) is 0 Å². The quantitative estimate of drug-likeness (QED) is 0.587. The lowest BCUT2D eigenvalue weighted by Gasteiger charge is -3.10. The first-order valence-corrected chi connectivity index (χ1v) is 4.98. The first kappa shape index (κ1) is 5.25. The van der Waals surface area contributed by atoms with E-state index in [4.69, 9.17) is 5.73 Å². The lowest BCUT2D eigenvalue weighted by atomic mass is 8.92. The summed E-state index contributed by atoms with van der Waals surface area (Å²) in [6.45, 7) is 2.31. The van der Waals surface area contributed by atoms with Crippen molar-refractivity contribution >= 4 is 5.91 Å². The number of hydrogen-bond donors (Lipinski definition) is 1. The van der Waals surface area contributed by atoms with Crippen LogP contribution >= 0.6 is 0 Å². The first-order chi connectivity index (χ1) is 5.68. The maximum atomic E-state index is 11.4. The lowest BCUT2D eigenvalue weighted by molar-refractivity contribution is -0.639. The van der Waals surface area contributed by atoms with Crippen LogP contribution in [-0.2, 0) is 4.79 Å². The molecule has 12 heavy (non-hydrogen) atoms. The molecule has 0 aromatic heterocycles. The maximum Gasteiger partial charge on any atom is 0.224 e. The van der Waals surface area contributed by atoms with Crippen LogP contribution in [0.15, 0.2) is 0 Å². The maximum absolute atomic E-state index is 11.4. The molecule has 0 heterocycles. The molecule has 6 aliphatic carbocycles. The standard InChI is InChI=1S/C10H11NO/c1-9-4-2-3-6(4)10(9,8(11)12)7(3)5(2)9/h2-7H,1H3,(H2,11,12). The minimum atomic E-state index is 0.0295. The molecule has 0 aliphatic heterocycles. The number of nitrogens with two attached hydrogens (primary N) is 1. The summed E-state index contributed by atoms with van der Waals surface area (Å²) in [5.41, 5.74) is 5.99. The Kier molecular flexibility index (Phi) is 0.390. The molecule has 0 aromatic carbocycles. The van der Waals surface area contributed by atoms with Gasteiger partial charge in [0.15, 0.2) is 0 Å². The molecular formula is C10H11NO. The van der Waals surface area contributed by atoms with Gasteiger partial charge >= 0.3 is 0 Å². The highest BCUT2D eigenvalue weighted by Crippen LogP contribution is 3.10. The van der Waals surface area contributed by atoms with Gasteiger partial charge in [-0.1, -0.05) is 6.92 Å². The topological polar surface area (TPSA) is 43.1 Å². The Morgan fingerprint density at radius 2 is 1.67 bits per heavy atom. The van der Waals surface area contributed by atoms with E-state index in [2.05, 4.69) is 6.92 Å². The van der Waals surface area contributed by atoms with Crippen LogP contribution in [0.1, 0.15) is 6.92 Å². The zero-order valence-electron chi connectivity index (χ0n) is 6.95. The molecule has 4 unspecified atom stereocenters. The molecular weight excluding hydrogens is 150 g/mol. The van der Waals surface area contributed by atoms with E-state index in [0.29, 0.717) is 5.41 Å². The predicted molar refractivity (Wildman–Crippen MR) is 40.7 cm³/mol. The Morgan fingerprint density at radius 3 is 2.00 bits per heavy atom. The number of carbonyl (C=O) groups is 1. The van der Waals surface area contributed by atoms with Crippen LogP contribution < -0.4 is 5.73 Å². The van der Waals surface area contributed by atoms with Crippen LogP contribution in [0.3, 0.4) is 0 Å². The van der Waals surface area contributed by atoms with Gasteiger partial charge in [0.05, 0.1) is 5.41 Å². The third kappa shape index (κ3) is 0.154. The van der Waals surface area contributed by atoms with Crippen molar-refractivity contribution in [1.82, 2.24) is 0 Å². The third-order valence-corrected chi connectivity index (χ3v) is 6.61. The molecule has 62 valence electrons. The average molecular weight is 161 g/mol. The summed E-state index contributed by atoms with van der Waals surface area (Å²) in [5, 5.41) is 0. The molecule has 6 rings (SSSR count). The van der Waals surface area contributed by atoms with E-state index in [0.717, 1.165) is 35.5 Å². The Morgan fingerprint density at radius 1 is 1.17 bits per heavy atom. The van der Waals surface area contributed by atoms with E-state index < -0.39 is 0 Å². The molecule has 6 fully saturated rings. The molecule has 0 radical (unpaired) electrons. The summed E-state index contributed by atoms with van der Waals surface area (Å²) in [4.78, 5) is 11.4. The van der Waals surface area contributed by atoms with Crippen molar-refractivity contribution in [1.29, 1.82) is 0 Å². The average Bonchev–Trinajstić information content (AvgIpc) is 2.03. The smallest absolute Gasteiger partial charge is 0.224 e. The van der Waals surface area contributed by atoms with Crippen molar-refractivity contribution in [3.63, 3.8) is 0 Å². The predicted octanol–water partition coefficient (Wildman–Crippen LogP) is 0.230. The molecule has 0 spiro atoms. The Labute approximate surface area is 70.5 Å². The zero-order valence-corrected chi connectivity index (χ0v) is 6.95. The van der Waals surface area contributed by atoms with Gasteiger partial charge < -0.3 is 5.73 Å². The number of amides is 1. The number of primary amides is 1. The number of hydrogen-bond acceptors (Lipinski definition) is 1. The van der Waals surface area contributed by atoms with Crippen LogP contribution in [0.5, 0.6) is 0 Å². The summed E-state index contributed by atoms with van der Waals surface area (Å²) in [7, 11) is 0. The van der Waals surface area contributed by atoms with E-state index in [-0.39, 0.29) is 11.3 Å². The van der Waals surface area contributed by atoms with E-state index in [9.17, 15) is 4.79 Å². The molecule has 2 N–H and O–H groups in total. The molecule has 2 heteroatoms. The minimum Gasteiger partial charge on any atom is -0.369 e. The number of carbonyl (C=O) groups excluding carboxylic acids is 1. The van der Waals surface area contributed by atoms with Crippen LogP contribution in [0.4, 0.5) is 0 Å². The second-order valence-corrected chi connectivity index (χ2v) is 5.77. The highest BCUT2D eigenvalue weighted by atomic mass is 16.1. The summed E-state index contributed by atoms with van der Waals surface area (Å²) < 4.78 is 0. The van der Waals surface area contributed by atoms with Crippen molar-refractivity contribution in [2.24, 2.45) is 52.1 Å². The summed E-state index contributed by atoms with van der Waals surface area (Å²) in [6, 6.07) is 0. The molecule has 1 amide bonds. The van der Waals surface area contributed by atoms with Crippen molar-refractivity contribution < 1.29 is 4.79 Å². The molecule has 2 nitrogen and oxygen atoms in total. The van der Waals surface area contributed by atoms with E-state index in [1.54, 1.807) is 0 Å². The van der Waals surface area contributed by atoms with Crippen LogP contribution in [0.2, 0.25) is 0 Å². The van der Waals surface area contributed by atoms with Crippen LogP contribution in [0, 0.1) is 46.3 Å². The third-order valence-electron chi connectivity index (χ3n) is 6.61. The van der Waals surface area contributed by atoms with Gasteiger partial charge in [-0.05, 0) is 40.9 Å². The molecule has 0 aromatic rings. The van der Waals surface area contributed by atoms with Crippen LogP contribution in [-0.4, -0.2) is 5.91 Å². The highest BCUT2D eigenvalue weighted by Gasteiger charge is 3.10. The Bertz CT molecular complexity index is 354. The fourth-order valence-corrected chi connectivity index (χ4v) is 6.67. The highest BCUT2D eigenvalue weighted by molar-refractivity contribution is 5.91. The molecule has 4 atom stereocenters. The van der Waals surface area contributed by atoms with E-state index in [1.807, 2.05) is 0 Å². The SMILES string of the molecule is CC12C3C4C5C3C1(C(N)=O)C5C42. The van der Waals surface area contributed by atoms with E-state index >= 15 is 0 Å². The number of rotatable bonds is 1. The monoisotopic (exact) mass is 161 g/mol. The summed E-state index contributed by atoms with van der Waals surface area (Å²) in [5.74, 6) is 5.46. The Hall–Kier alpha value is -0.530. The molecule has 6 saturated carbocycles. The Balaban J connectivity index is 1.80. The van der Waals surface area contributed by atoms with Gasteiger partial charge in [0, 0.05) is 0 Å². The normalized spacial score (nSPS) is 88.1. The van der Waals surface area contributed by atoms with Crippen LogP contribution in [0.25, 0.3) is 0 Å². The summed E-state index contributed by atoms with van der Waals surface area (Å²) in [6.07, 6.45) is 0.